The summed E-state index contributed by atoms with van der Waals surface area (Å²) in [7, 11) is 0. The summed E-state index contributed by atoms with van der Waals surface area (Å²) in [6.07, 6.45) is 2.78. The van der Waals surface area contributed by atoms with Gasteiger partial charge in [-0.05, 0) is 12.8 Å². The van der Waals surface area contributed by atoms with Gasteiger partial charge >= 0.3 is 0 Å². The van der Waals surface area contributed by atoms with Crippen LogP contribution in [-0.4, -0.2) is 39.0 Å². The van der Waals surface area contributed by atoms with Crippen LogP contribution in [0.15, 0.2) is 0 Å². The Morgan fingerprint density at radius 3 is 2.83 bits per heavy atom. The highest BCUT2D eigenvalue weighted by atomic mass is 16.5. The van der Waals surface area contributed by atoms with E-state index in [1.54, 1.807) is 0 Å². The molecule has 0 aromatic carbocycles. The fraction of sp³-hybridized carbons (Fsp3) is 1.00. The minimum atomic E-state index is 0.387. The predicted molar refractivity (Wildman–Crippen MR) is 46.2 cm³/mol. The summed E-state index contributed by atoms with van der Waals surface area (Å²) in [6, 6.07) is 0. The Balaban J connectivity index is 1.49. The van der Waals surface area contributed by atoms with Crippen molar-refractivity contribution in [3.8, 4) is 0 Å². The lowest BCUT2D eigenvalue weighted by atomic mass is 10.1. The van der Waals surface area contributed by atoms with Crippen molar-refractivity contribution < 1.29 is 9.47 Å². The van der Waals surface area contributed by atoms with Crippen LogP contribution in [0.25, 0.3) is 0 Å². The molecule has 0 aromatic rings. The molecule has 2 fully saturated rings. The summed E-state index contributed by atoms with van der Waals surface area (Å²) in [5.41, 5.74) is 0. The van der Waals surface area contributed by atoms with E-state index in [0.717, 1.165) is 38.8 Å². The normalized spacial score (nSPS) is 30.5. The first-order valence-electron chi connectivity index (χ1n) is 4.85. The first-order valence-corrected chi connectivity index (χ1v) is 4.85. The van der Waals surface area contributed by atoms with Gasteiger partial charge in [0.1, 0.15) is 0 Å². The second-order valence-electron chi connectivity index (χ2n) is 3.70. The first-order chi connectivity index (χ1) is 5.95. The molecule has 12 heavy (non-hydrogen) atoms. The molecule has 0 spiro atoms. The van der Waals surface area contributed by atoms with Crippen molar-refractivity contribution in [2.75, 3.05) is 32.9 Å². The van der Waals surface area contributed by atoms with Gasteiger partial charge in [0, 0.05) is 25.6 Å². The van der Waals surface area contributed by atoms with Gasteiger partial charge in [0.25, 0.3) is 0 Å². The van der Waals surface area contributed by atoms with E-state index in [1.165, 1.54) is 12.8 Å². The Kier molecular flexibility index (Phi) is 2.98. The van der Waals surface area contributed by atoms with Crippen LogP contribution in [0.3, 0.4) is 0 Å². The van der Waals surface area contributed by atoms with Crippen molar-refractivity contribution in [2.45, 2.75) is 18.9 Å². The van der Waals surface area contributed by atoms with Crippen LogP contribution < -0.4 is 5.32 Å². The number of hydrogen-bond donors (Lipinski definition) is 1. The van der Waals surface area contributed by atoms with Crippen molar-refractivity contribution in [3.05, 3.63) is 0 Å². The predicted octanol–water partition coefficient (Wildman–Crippen LogP) is 0.401. The average molecular weight is 171 g/mol. The molecule has 2 saturated heterocycles. The molecule has 0 aromatic heterocycles. The highest BCUT2D eigenvalue weighted by molar-refractivity contribution is 4.74. The highest BCUT2D eigenvalue weighted by Gasteiger charge is 2.19. The van der Waals surface area contributed by atoms with Crippen molar-refractivity contribution in [3.63, 3.8) is 0 Å². The summed E-state index contributed by atoms with van der Waals surface area (Å²) >= 11 is 0. The lowest BCUT2D eigenvalue weighted by molar-refractivity contribution is -0.000907. The fourth-order valence-corrected chi connectivity index (χ4v) is 1.61. The molecule has 0 aliphatic carbocycles. The Morgan fingerprint density at radius 2 is 2.25 bits per heavy atom. The molecular formula is C9H17NO2. The second-order valence-corrected chi connectivity index (χ2v) is 3.70. The SMILES string of the molecule is C1CO[C@@H](COCC2CNC2)C1. The Bertz CT molecular complexity index is 130. The Labute approximate surface area is 73.4 Å². The van der Waals surface area contributed by atoms with Crippen LogP contribution >= 0.6 is 0 Å². The van der Waals surface area contributed by atoms with Crippen molar-refractivity contribution in [2.24, 2.45) is 5.92 Å². The maximum Gasteiger partial charge on any atom is 0.0809 e. The van der Waals surface area contributed by atoms with E-state index in [-0.39, 0.29) is 0 Å². The smallest absolute Gasteiger partial charge is 0.0809 e. The van der Waals surface area contributed by atoms with Gasteiger partial charge in [-0.1, -0.05) is 0 Å². The lowest BCUT2D eigenvalue weighted by Gasteiger charge is -2.27. The van der Waals surface area contributed by atoms with E-state index in [0.29, 0.717) is 6.10 Å². The number of ether oxygens (including phenoxy) is 2. The molecule has 0 unspecified atom stereocenters. The molecule has 70 valence electrons. The molecule has 0 saturated carbocycles. The number of nitrogens with one attached hydrogen (secondary N) is 1. The molecule has 1 N–H and O–H groups in total. The second kappa shape index (κ2) is 4.21. The zero-order valence-corrected chi connectivity index (χ0v) is 7.42. The molecule has 2 heterocycles. The van der Waals surface area contributed by atoms with Gasteiger partial charge in [-0.15, -0.1) is 0 Å². The van der Waals surface area contributed by atoms with Crippen molar-refractivity contribution >= 4 is 0 Å². The van der Waals surface area contributed by atoms with Gasteiger partial charge in [-0.25, -0.2) is 0 Å². The molecule has 3 nitrogen and oxygen atoms in total. The van der Waals surface area contributed by atoms with Gasteiger partial charge in [0.05, 0.1) is 19.3 Å². The van der Waals surface area contributed by atoms with E-state index < -0.39 is 0 Å². The van der Waals surface area contributed by atoms with E-state index in [1.807, 2.05) is 0 Å². The maximum absolute atomic E-state index is 5.56. The van der Waals surface area contributed by atoms with Crippen molar-refractivity contribution in [1.82, 2.24) is 5.32 Å². The van der Waals surface area contributed by atoms with E-state index >= 15 is 0 Å². The zero-order valence-electron chi connectivity index (χ0n) is 7.42. The molecule has 0 bridgehead atoms. The zero-order chi connectivity index (χ0) is 8.23. The number of rotatable bonds is 4. The topological polar surface area (TPSA) is 30.5 Å². The van der Waals surface area contributed by atoms with Crippen LogP contribution in [-0.2, 0) is 9.47 Å². The summed E-state index contributed by atoms with van der Waals surface area (Å²) in [5.74, 6) is 0.756. The molecule has 2 rings (SSSR count). The monoisotopic (exact) mass is 171 g/mol. The van der Waals surface area contributed by atoms with Crippen LogP contribution in [0, 0.1) is 5.92 Å². The Hall–Kier alpha value is -0.120. The quantitative estimate of drug-likeness (QED) is 0.664. The molecule has 1 atom stereocenters. The summed E-state index contributed by atoms with van der Waals surface area (Å²) in [6.45, 7) is 4.90. The van der Waals surface area contributed by atoms with Crippen LogP contribution in [0.4, 0.5) is 0 Å². The standard InChI is InChI=1S/C9H17NO2/c1-2-9(12-3-1)7-11-6-8-4-10-5-8/h8-10H,1-7H2/t9-/m1/s1. The van der Waals surface area contributed by atoms with Gasteiger partial charge < -0.3 is 14.8 Å². The van der Waals surface area contributed by atoms with Gasteiger partial charge in [-0.2, -0.15) is 0 Å². The first kappa shape index (κ1) is 8.48. The molecule has 0 amide bonds. The summed E-state index contributed by atoms with van der Waals surface area (Å²) < 4.78 is 11.0. The largest absolute Gasteiger partial charge is 0.378 e. The van der Waals surface area contributed by atoms with Crippen LogP contribution in [0.2, 0.25) is 0 Å². The number of hydrogen-bond acceptors (Lipinski definition) is 3. The molecule has 2 aliphatic rings. The third-order valence-corrected chi connectivity index (χ3v) is 2.55. The van der Waals surface area contributed by atoms with Gasteiger partial charge in [0.15, 0.2) is 0 Å². The fourth-order valence-electron chi connectivity index (χ4n) is 1.61. The third-order valence-electron chi connectivity index (χ3n) is 2.55. The maximum atomic E-state index is 5.56. The van der Waals surface area contributed by atoms with E-state index in [4.69, 9.17) is 9.47 Å². The molecule has 3 heteroatoms. The molecule has 0 radical (unpaired) electrons. The third kappa shape index (κ3) is 2.19. The van der Waals surface area contributed by atoms with E-state index in [9.17, 15) is 0 Å². The highest BCUT2D eigenvalue weighted by Crippen LogP contribution is 2.12. The summed E-state index contributed by atoms with van der Waals surface area (Å²) in [4.78, 5) is 0. The average Bonchev–Trinajstić information content (AvgIpc) is 2.46. The minimum absolute atomic E-state index is 0.387. The lowest BCUT2D eigenvalue weighted by Crippen LogP contribution is -2.44. The van der Waals surface area contributed by atoms with Crippen molar-refractivity contribution in [1.29, 1.82) is 0 Å². The van der Waals surface area contributed by atoms with Gasteiger partial charge in [0.2, 0.25) is 0 Å². The molecular weight excluding hydrogens is 154 g/mol. The van der Waals surface area contributed by atoms with Crippen LogP contribution in [0.1, 0.15) is 12.8 Å². The summed E-state index contributed by atoms with van der Waals surface area (Å²) in [5, 5.41) is 3.23. The van der Waals surface area contributed by atoms with E-state index in [2.05, 4.69) is 5.32 Å². The minimum Gasteiger partial charge on any atom is -0.378 e. The molecule has 2 aliphatic heterocycles. The van der Waals surface area contributed by atoms with Crippen LogP contribution in [0.5, 0.6) is 0 Å². The Morgan fingerprint density at radius 1 is 1.33 bits per heavy atom. The van der Waals surface area contributed by atoms with Gasteiger partial charge in [-0.3, -0.25) is 0 Å².